The SMILES string of the molecule is CC1(C)c2ccccc2-c2cc3c(cc21)-c1c(-c2ccc(-c4cccc(-c5cc(-c6ccccc6)nc(-c6ccccc6)n5)c4)cc2)cccc1C3(C)C. The van der Waals surface area contributed by atoms with Crippen molar-refractivity contribution in [3.8, 4) is 78.4 Å². The quantitative estimate of drug-likeness (QED) is 0.179. The standard InChI is InChI=1S/C52H40N2/c1-51(2)43-23-12-11-21-40(43)41-30-46-42(31-45(41)51)49-39(22-14-24-44(49)52(46,3)4)34-27-25-33(26-28-34)37-19-13-20-38(29-37)48-32-47(35-15-7-5-8-16-35)53-50(54-48)36-17-9-6-10-18-36/h5-32H,1-4H3. The van der Waals surface area contributed by atoms with Crippen molar-refractivity contribution >= 4 is 0 Å². The molecule has 258 valence electrons. The van der Waals surface area contributed by atoms with Crippen molar-refractivity contribution in [2.45, 2.75) is 38.5 Å². The molecule has 8 aromatic rings. The molecule has 0 spiro atoms. The summed E-state index contributed by atoms with van der Waals surface area (Å²) in [5.41, 5.74) is 20.8. The maximum Gasteiger partial charge on any atom is 0.160 e. The Morgan fingerprint density at radius 3 is 1.59 bits per heavy atom. The van der Waals surface area contributed by atoms with Gasteiger partial charge in [0.15, 0.2) is 5.82 Å². The molecule has 0 amide bonds. The summed E-state index contributed by atoms with van der Waals surface area (Å²) in [7, 11) is 0. The van der Waals surface area contributed by atoms with Crippen LogP contribution in [-0.2, 0) is 10.8 Å². The molecule has 1 aromatic heterocycles. The van der Waals surface area contributed by atoms with Crippen LogP contribution >= 0.6 is 0 Å². The average Bonchev–Trinajstić information content (AvgIpc) is 3.59. The molecule has 2 nitrogen and oxygen atoms in total. The lowest BCUT2D eigenvalue weighted by Crippen LogP contribution is -2.16. The number of rotatable bonds is 5. The molecule has 2 heteroatoms. The van der Waals surface area contributed by atoms with E-state index < -0.39 is 0 Å². The highest BCUT2D eigenvalue weighted by atomic mass is 14.9. The van der Waals surface area contributed by atoms with Gasteiger partial charge in [-0.25, -0.2) is 9.97 Å². The van der Waals surface area contributed by atoms with Crippen LogP contribution in [0.25, 0.3) is 78.4 Å². The molecule has 10 rings (SSSR count). The summed E-state index contributed by atoms with van der Waals surface area (Å²) >= 11 is 0. The van der Waals surface area contributed by atoms with Crippen LogP contribution in [0.15, 0.2) is 170 Å². The van der Waals surface area contributed by atoms with E-state index in [2.05, 4.69) is 173 Å². The monoisotopic (exact) mass is 692 g/mol. The number of hydrogen-bond acceptors (Lipinski definition) is 2. The molecule has 0 bridgehead atoms. The smallest absolute Gasteiger partial charge is 0.160 e. The van der Waals surface area contributed by atoms with Gasteiger partial charge >= 0.3 is 0 Å². The minimum absolute atomic E-state index is 0.0447. The van der Waals surface area contributed by atoms with Crippen molar-refractivity contribution in [3.05, 3.63) is 192 Å². The Hall–Kier alpha value is -6.38. The first kappa shape index (κ1) is 32.3. The van der Waals surface area contributed by atoms with Crippen molar-refractivity contribution in [2.24, 2.45) is 0 Å². The van der Waals surface area contributed by atoms with Gasteiger partial charge in [0.1, 0.15) is 0 Å². The summed E-state index contributed by atoms with van der Waals surface area (Å²) in [6.45, 7) is 9.53. The van der Waals surface area contributed by atoms with E-state index in [0.717, 1.165) is 39.5 Å². The summed E-state index contributed by atoms with van der Waals surface area (Å²) in [5.74, 6) is 0.722. The normalized spacial score (nSPS) is 14.2. The topological polar surface area (TPSA) is 25.8 Å². The lowest BCUT2D eigenvalue weighted by atomic mass is 9.79. The van der Waals surface area contributed by atoms with Crippen LogP contribution in [0.1, 0.15) is 49.9 Å². The van der Waals surface area contributed by atoms with Crippen LogP contribution in [0.2, 0.25) is 0 Å². The largest absolute Gasteiger partial charge is 0.228 e. The lowest BCUT2D eigenvalue weighted by Gasteiger charge is -2.24. The van der Waals surface area contributed by atoms with Crippen molar-refractivity contribution in [1.82, 2.24) is 9.97 Å². The van der Waals surface area contributed by atoms with Gasteiger partial charge in [-0.3, -0.25) is 0 Å². The third-order valence-corrected chi connectivity index (χ3v) is 11.9. The zero-order valence-electron chi connectivity index (χ0n) is 31.1. The van der Waals surface area contributed by atoms with E-state index in [0.29, 0.717) is 0 Å². The Kier molecular flexibility index (Phi) is 7.22. The molecule has 1 heterocycles. The fourth-order valence-electron chi connectivity index (χ4n) is 8.99. The van der Waals surface area contributed by atoms with Crippen molar-refractivity contribution < 1.29 is 0 Å². The molecule has 2 aliphatic carbocycles. The molecule has 2 aliphatic rings. The van der Waals surface area contributed by atoms with E-state index in [1.807, 2.05) is 24.3 Å². The molecule has 0 N–H and O–H groups in total. The predicted molar refractivity (Wildman–Crippen MR) is 224 cm³/mol. The van der Waals surface area contributed by atoms with Crippen LogP contribution in [0.5, 0.6) is 0 Å². The van der Waals surface area contributed by atoms with Gasteiger partial charge in [-0.05, 0) is 91.0 Å². The summed E-state index contributed by atoms with van der Waals surface area (Å²) < 4.78 is 0. The molecule has 0 saturated carbocycles. The van der Waals surface area contributed by atoms with Crippen molar-refractivity contribution in [2.75, 3.05) is 0 Å². The maximum absolute atomic E-state index is 5.08. The Labute approximate surface area is 317 Å². The Morgan fingerprint density at radius 1 is 0.315 bits per heavy atom. The van der Waals surface area contributed by atoms with E-state index >= 15 is 0 Å². The van der Waals surface area contributed by atoms with Crippen molar-refractivity contribution in [3.63, 3.8) is 0 Å². The highest BCUT2D eigenvalue weighted by Crippen LogP contribution is 2.57. The molecule has 54 heavy (non-hydrogen) atoms. The molecule has 0 fully saturated rings. The molecule has 0 aliphatic heterocycles. The molecule has 0 atom stereocenters. The maximum atomic E-state index is 5.08. The van der Waals surface area contributed by atoms with Gasteiger partial charge in [0.25, 0.3) is 0 Å². The number of benzene rings is 7. The Bertz CT molecular complexity index is 2680. The Balaban J connectivity index is 1.03. The Morgan fingerprint density at radius 2 is 0.833 bits per heavy atom. The third kappa shape index (κ3) is 5.01. The van der Waals surface area contributed by atoms with E-state index in [1.165, 1.54) is 61.2 Å². The predicted octanol–water partition coefficient (Wildman–Crippen LogP) is 13.4. The second kappa shape index (κ2) is 12.1. The third-order valence-electron chi connectivity index (χ3n) is 11.9. The van der Waals surface area contributed by atoms with E-state index in [-0.39, 0.29) is 10.8 Å². The first-order chi connectivity index (χ1) is 26.3. The average molecular weight is 693 g/mol. The van der Waals surface area contributed by atoms with Gasteiger partial charge in [-0.2, -0.15) is 0 Å². The van der Waals surface area contributed by atoms with Gasteiger partial charge in [0.05, 0.1) is 11.4 Å². The highest BCUT2D eigenvalue weighted by molar-refractivity contribution is 5.96. The second-order valence-corrected chi connectivity index (χ2v) is 15.8. The fourth-order valence-corrected chi connectivity index (χ4v) is 8.99. The molecule has 7 aromatic carbocycles. The van der Waals surface area contributed by atoms with Crippen LogP contribution in [-0.4, -0.2) is 9.97 Å². The first-order valence-electron chi connectivity index (χ1n) is 18.9. The van der Waals surface area contributed by atoms with Gasteiger partial charge in [0.2, 0.25) is 0 Å². The minimum atomic E-state index is -0.0977. The summed E-state index contributed by atoms with van der Waals surface area (Å²) in [6, 6.07) is 61.4. The summed E-state index contributed by atoms with van der Waals surface area (Å²) in [4.78, 5) is 10.1. The van der Waals surface area contributed by atoms with Crippen molar-refractivity contribution in [1.29, 1.82) is 0 Å². The zero-order chi connectivity index (χ0) is 36.6. The molecular weight excluding hydrogens is 653 g/mol. The van der Waals surface area contributed by atoms with Gasteiger partial charge in [-0.1, -0.05) is 173 Å². The molecule has 0 unspecified atom stereocenters. The van der Waals surface area contributed by atoms with E-state index in [4.69, 9.17) is 9.97 Å². The van der Waals surface area contributed by atoms with Gasteiger partial charge < -0.3 is 0 Å². The number of nitrogens with zero attached hydrogens (tertiary/aromatic N) is 2. The number of aromatic nitrogens is 2. The lowest BCUT2D eigenvalue weighted by molar-refractivity contribution is 0.652. The fraction of sp³-hybridized carbons (Fsp3) is 0.115. The second-order valence-electron chi connectivity index (χ2n) is 15.8. The first-order valence-corrected chi connectivity index (χ1v) is 18.9. The van der Waals surface area contributed by atoms with Gasteiger partial charge in [-0.15, -0.1) is 0 Å². The van der Waals surface area contributed by atoms with Crippen LogP contribution in [0.4, 0.5) is 0 Å². The van der Waals surface area contributed by atoms with Crippen LogP contribution in [0.3, 0.4) is 0 Å². The summed E-state index contributed by atoms with van der Waals surface area (Å²) in [5, 5.41) is 0. The number of fused-ring (bicyclic) bond motifs is 6. The van der Waals surface area contributed by atoms with Gasteiger partial charge in [0, 0.05) is 27.5 Å². The molecular formula is C52H40N2. The van der Waals surface area contributed by atoms with E-state index in [9.17, 15) is 0 Å². The molecule has 0 saturated heterocycles. The number of hydrogen-bond donors (Lipinski definition) is 0. The van der Waals surface area contributed by atoms with Crippen LogP contribution < -0.4 is 0 Å². The zero-order valence-corrected chi connectivity index (χ0v) is 31.1. The van der Waals surface area contributed by atoms with E-state index in [1.54, 1.807) is 0 Å². The minimum Gasteiger partial charge on any atom is -0.228 e. The molecule has 0 radical (unpaired) electrons. The highest BCUT2D eigenvalue weighted by Gasteiger charge is 2.42. The summed E-state index contributed by atoms with van der Waals surface area (Å²) in [6.07, 6.45) is 0. The van der Waals surface area contributed by atoms with Crippen LogP contribution in [0, 0.1) is 0 Å².